The van der Waals surface area contributed by atoms with E-state index in [0.717, 1.165) is 0 Å². The molecule has 0 aromatic carbocycles. The second kappa shape index (κ2) is 3.18. The number of urea groups is 1. The molecule has 0 saturated carbocycles. The van der Waals surface area contributed by atoms with Crippen LogP contribution in [0.15, 0.2) is 0 Å². The third-order valence-electron chi connectivity index (χ3n) is 2.66. The van der Waals surface area contributed by atoms with Gasteiger partial charge in [0.05, 0.1) is 13.1 Å². The Bertz CT molecular complexity index is 208. The van der Waals surface area contributed by atoms with Crippen LogP contribution in [0.4, 0.5) is 4.79 Å². The van der Waals surface area contributed by atoms with Gasteiger partial charge in [-0.1, -0.05) is 13.8 Å². The average Bonchev–Trinajstić information content (AvgIpc) is 1.96. The first-order chi connectivity index (χ1) is 5.87. The van der Waals surface area contributed by atoms with Crippen molar-refractivity contribution in [2.24, 2.45) is 5.92 Å². The summed E-state index contributed by atoms with van der Waals surface area (Å²) in [5.41, 5.74) is -0.661. The fourth-order valence-corrected chi connectivity index (χ4v) is 1.40. The number of likely N-dealkylation sites (tertiary alicyclic amines) is 1. The normalized spacial score (nSPS) is 20.0. The standard InChI is InChI=1S/C9H18N2O2/c1-7(2)9(13)5-11(6-9)8(12)10(3)4/h7,13H,5-6H2,1-4H3. The Morgan fingerprint density at radius 1 is 1.46 bits per heavy atom. The molecule has 0 radical (unpaired) electrons. The van der Waals surface area contributed by atoms with E-state index in [2.05, 4.69) is 0 Å². The van der Waals surface area contributed by atoms with Crippen molar-refractivity contribution in [3.8, 4) is 0 Å². The van der Waals surface area contributed by atoms with Gasteiger partial charge in [0, 0.05) is 14.1 Å². The van der Waals surface area contributed by atoms with Gasteiger partial charge in [0.15, 0.2) is 0 Å². The van der Waals surface area contributed by atoms with Crippen molar-refractivity contribution in [2.75, 3.05) is 27.2 Å². The number of nitrogens with zero attached hydrogens (tertiary/aromatic N) is 2. The third kappa shape index (κ3) is 1.77. The molecule has 1 aliphatic rings. The minimum absolute atomic E-state index is 0.0228. The quantitative estimate of drug-likeness (QED) is 0.643. The van der Waals surface area contributed by atoms with Crippen LogP contribution in [-0.2, 0) is 0 Å². The fraction of sp³-hybridized carbons (Fsp3) is 0.889. The van der Waals surface area contributed by atoms with Crippen molar-refractivity contribution in [3.05, 3.63) is 0 Å². The lowest BCUT2D eigenvalue weighted by Gasteiger charge is -2.49. The van der Waals surface area contributed by atoms with Crippen molar-refractivity contribution < 1.29 is 9.90 Å². The Labute approximate surface area is 79.1 Å². The highest BCUT2D eigenvalue weighted by molar-refractivity contribution is 5.75. The Morgan fingerprint density at radius 2 is 1.92 bits per heavy atom. The van der Waals surface area contributed by atoms with E-state index in [4.69, 9.17) is 0 Å². The van der Waals surface area contributed by atoms with E-state index >= 15 is 0 Å². The van der Waals surface area contributed by atoms with E-state index in [0.29, 0.717) is 13.1 Å². The van der Waals surface area contributed by atoms with E-state index in [-0.39, 0.29) is 11.9 Å². The molecule has 0 aromatic rings. The molecule has 0 spiro atoms. The number of rotatable bonds is 1. The zero-order valence-corrected chi connectivity index (χ0v) is 8.74. The van der Waals surface area contributed by atoms with Crippen molar-refractivity contribution in [1.29, 1.82) is 0 Å². The number of hydrogen-bond donors (Lipinski definition) is 1. The molecular weight excluding hydrogens is 168 g/mol. The van der Waals surface area contributed by atoms with E-state index < -0.39 is 5.60 Å². The highest BCUT2D eigenvalue weighted by Crippen LogP contribution is 2.28. The van der Waals surface area contributed by atoms with Crippen LogP contribution in [0.25, 0.3) is 0 Å². The first-order valence-electron chi connectivity index (χ1n) is 4.55. The van der Waals surface area contributed by atoms with Gasteiger partial charge in [-0.25, -0.2) is 4.79 Å². The predicted molar refractivity (Wildman–Crippen MR) is 50.4 cm³/mol. The van der Waals surface area contributed by atoms with Crippen molar-refractivity contribution in [2.45, 2.75) is 19.4 Å². The van der Waals surface area contributed by atoms with Gasteiger partial charge in [0.2, 0.25) is 0 Å². The zero-order valence-electron chi connectivity index (χ0n) is 8.74. The summed E-state index contributed by atoms with van der Waals surface area (Å²) in [6.45, 7) is 4.86. The minimum Gasteiger partial charge on any atom is -0.386 e. The summed E-state index contributed by atoms with van der Waals surface area (Å²) in [6, 6.07) is -0.0228. The summed E-state index contributed by atoms with van der Waals surface area (Å²) in [7, 11) is 3.43. The van der Waals surface area contributed by atoms with Crippen LogP contribution in [0, 0.1) is 5.92 Å². The molecule has 2 amide bonds. The smallest absolute Gasteiger partial charge is 0.319 e. The van der Waals surface area contributed by atoms with Crippen LogP contribution < -0.4 is 0 Å². The molecule has 0 aromatic heterocycles. The lowest BCUT2D eigenvalue weighted by atomic mass is 9.83. The van der Waals surface area contributed by atoms with Gasteiger partial charge in [-0.15, -0.1) is 0 Å². The van der Waals surface area contributed by atoms with Gasteiger partial charge in [-0.3, -0.25) is 0 Å². The Kier molecular flexibility index (Phi) is 2.52. The lowest BCUT2D eigenvalue weighted by Crippen LogP contribution is -2.67. The van der Waals surface area contributed by atoms with Crippen LogP contribution in [0.3, 0.4) is 0 Å². The summed E-state index contributed by atoms with van der Waals surface area (Å²) in [6.07, 6.45) is 0. The molecule has 0 aliphatic carbocycles. The largest absolute Gasteiger partial charge is 0.386 e. The van der Waals surface area contributed by atoms with E-state index in [1.54, 1.807) is 19.0 Å². The van der Waals surface area contributed by atoms with Gasteiger partial charge in [0.25, 0.3) is 0 Å². The molecule has 4 nitrogen and oxygen atoms in total. The summed E-state index contributed by atoms with van der Waals surface area (Å²) in [5.74, 6) is 0.207. The predicted octanol–water partition coefficient (Wildman–Crippen LogP) is 0.371. The average molecular weight is 186 g/mol. The molecule has 1 saturated heterocycles. The highest BCUT2D eigenvalue weighted by atomic mass is 16.3. The van der Waals surface area contributed by atoms with Crippen LogP contribution in [0.2, 0.25) is 0 Å². The molecule has 1 heterocycles. The van der Waals surface area contributed by atoms with Gasteiger partial charge in [-0.05, 0) is 5.92 Å². The number of aliphatic hydroxyl groups is 1. The minimum atomic E-state index is -0.661. The van der Waals surface area contributed by atoms with Crippen LogP contribution >= 0.6 is 0 Å². The Morgan fingerprint density at radius 3 is 2.23 bits per heavy atom. The molecule has 13 heavy (non-hydrogen) atoms. The van der Waals surface area contributed by atoms with Crippen molar-refractivity contribution in [1.82, 2.24) is 9.80 Å². The summed E-state index contributed by atoms with van der Waals surface area (Å²) < 4.78 is 0. The maximum absolute atomic E-state index is 11.4. The zero-order chi connectivity index (χ0) is 10.2. The second-order valence-electron chi connectivity index (χ2n) is 4.29. The van der Waals surface area contributed by atoms with Gasteiger partial charge in [0.1, 0.15) is 5.60 Å². The van der Waals surface area contributed by atoms with E-state index in [1.165, 1.54) is 4.90 Å². The molecule has 4 heteroatoms. The molecular formula is C9H18N2O2. The SMILES string of the molecule is CC(C)C1(O)CN(C(=O)N(C)C)C1. The number of amides is 2. The van der Waals surface area contributed by atoms with Gasteiger partial charge in [-0.2, -0.15) is 0 Å². The van der Waals surface area contributed by atoms with Gasteiger partial charge < -0.3 is 14.9 Å². The molecule has 0 bridgehead atoms. The lowest BCUT2D eigenvalue weighted by molar-refractivity contribution is -0.110. The summed E-state index contributed by atoms with van der Waals surface area (Å²) >= 11 is 0. The summed E-state index contributed by atoms with van der Waals surface area (Å²) in [4.78, 5) is 14.6. The van der Waals surface area contributed by atoms with Gasteiger partial charge >= 0.3 is 6.03 Å². The molecule has 1 aliphatic heterocycles. The maximum atomic E-state index is 11.4. The molecule has 1 N–H and O–H groups in total. The summed E-state index contributed by atoms with van der Waals surface area (Å²) in [5, 5.41) is 9.88. The monoisotopic (exact) mass is 186 g/mol. The maximum Gasteiger partial charge on any atom is 0.319 e. The molecule has 1 rings (SSSR count). The fourth-order valence-electron chi connectivity index (χ4n) is 1.40. The van der Waals surface area contributed by atoms with Crippen molar-refractivity contribution >= 4 is 6.03 Å². The topological polar surface area (TPSA) is 43.8 Å². The Hall–Kier alpha value is -0.770. The number of hydrogen-bond acceptors (Lipinski definition) is 2. The number of carbonyl (C=O) groups excluding carboxylic acids is 1. The highest BCUT2D eigenvalue weighted by Gasteiger charge is 2.46. The molecule has 0 unspecified atom stereocenters. The molecule has 1 fully saturated rings. The third-order valence-corrected chi connectivity index (χ3v) is 2.66. The molecule has 76 valence electrons. The van der Waals surface area contributed by atoms with E-state index in [9.17, 15) is 9.90 Å². The second-order valence-corrected chi connectivity index (χ2v) is 4.29. The van der Waals surface area contributed by atoms with Crippen LogP contribution in [0.1, 0.15) is 13.8 Å². The first kappa shape index (κ1) is 10.3. The van der Waals surface area contributed by atoms with Crippen LogP contribution in [0.5, 0.6) is 0 Å². The number of carbonyl (C=O) groups is 1. The van der Waals surface area contributed by atoms with Crippen molar-refractivity contribution in [3.63, 3.8) is 0 Å². The van der Waals surface area contributed by atoms with Crippen LogP contribution in [-0.4, -0.2) is 53.7 Å². The first-order valence-corrected chi connectivity index (χ1v) is 4.55. The number of β-amino-alcohol motifs (C(OH)–C–C–N with tert-alkyl or cyclic N) is 1. The van der Waals surface area contributed by atoms with E-state index in [1.807, 2.05) is 13.8 Å². The Balaban J connectivity index is 2.45. The molecule has 0 atom stereocenters.